The number of carbonyl (C=O) groups is 2. The summed E-state index contributed by atoms with van der Waals surface area (Å²) < 4.78 is 0. The molecule has 0 aromatic heterocycles. The van der Waals surface area contributed by atoms with E-state index in [-0.39, 0.29) is 17.9 Å². The lowest BCUT2D eigenvalue weighted by atomic mass is 9.99. The molecule has 2 aromatic rings. The third kappa shape index (κ3) is 4.15. The smallest absolute Gasteiger partial charge is 0.278 e. The number of hydrogen-bond donors (Lipinski definition) is 1. The first kappa shape index (κ1) is 22.1. The molecule has 1 N–H and O–H groups in total. The number of amides is 2. The van der Waals surface area contributed by atoms with Crippen molar-refractivity contribution in [2.75, 3.05) is 43.4 Å². The van der Waals surface area contributed by atoms with Crippen LogP contribution in [-0.2, 0) is 9.59 Å². The van der Waals surface area contributed by atoms with E-state index in [0.29, 0.717) is 11.3 Å². The molecule has 0 spiro atoms. The number of anilines is 2. The zero-order valence-corrected chi connectivity index (χ0v) is 19.6. The number of piperazine rings is 1. The highest BCUT2D eigenvalue weighted by atomic mass is 16.2. The number of likely N-dealkylation sites (N-methyl/N-ethyl adjacent to an activating group) is 1. The molecule has 2 aliphatic rings. The Kier molecular flexibility index (Phi) is 6.07. The predicted molar refractivity (Wildman–Crippen MR) is 130 cm³/mol. The Hall–Kier alpha value is -3.12. The van der Waals surface area contributed by atoms with Crippen LogP contribution in [-0.4, -0.2) is 60.9 Å². The molecule has 0 bridgehead atoms. The number of carbonyl (C=O) groups excluding carboxylic acids is 2. The molecule has 1 saturated heterocycles. The minimum Gasteiger partial charge on any atom is -0.369 e. The van der Waals surface area contributed by atoms with Gasteiger partial charge < -0.3 is 15.1 Å². The second-order valence-corrected chi connectivity index (χ2v) is 9.09. The van der Waals surface area contributed by atoms with Crippen LogP contribution in [0.25, 0.3) is 5.57 Å². The van der Waals surface area contributed by atoms with E-state index in [9.17, 15) is 9.59 Å². The van der Waals surface area contributed by atoms with Gasteiger partial charge in [-0.15, -0.1) is 0 Å². The van der Waals surface area contributed by atoms with Crippen molar-refractivity contribution >= 4 is 28.8 Å². The van der Waals surface area contributed by atoms with Gasteiger partial charge in [-0.05, 0) is 75.7 Å². The van der Waals surface area contributed by atoms with E-state index in [1.54, 1.807) is 0 Å². The molecule has 0 radical (unpaired) electrons. The van der Waals surface area contributed by atoms with Gasteiger partial charge >= 0.3 is 0 Å². The van der Waals surface area contributed by atoms with Crippen LogP contribution in [0.1, 0.15) is 30.5 Å². The van der Waals surface area contributed by atoms with Crippen LogP contribution < -0.4 is 10.2 Å². The van der Waals surface area contributed by atoms with Gasteiger partial charge in [-0.3, -0.25) is 14.5 Å². The van der Waals surface area contributed by atoms with Crippen molar-refractivity contribution < 1.29 is 9.59 Å². The molecule has 1 fully saturated rings. The number of imide groups is 1. The van der Waals surface area contributed by atoms with E-state index in [4.69, 9.17) is 0 Å². The Morgan fingerprint density at radius 3 is 2.09 bits per heavy atom. The molecular weight excluding hydrogens is 400 g/mol. The first-order chi connectivity index (χ1) is 15.3. The predicted octanol–water partition coefficient (Wildman–Crippen LogP) is 3.66. The SMILES string of the molecule is Cc1ccc(C2=C(Nc3ccc(N4CCN(C)CC4)cc3)C(=O)N(C(C)C)C2=O)cc1C. The molecule has 4 rings (SSSR count). The van der Waals surface area contributed by atoms with Crippen LogP contribution in [0, 0.1) is 13.8 Å². The molecule has 2 heterocycles. The van der Waals surface area contributed by atoms with Gasteiger partial charge in [0, 0.05) is 43.6 Å². The van der Waals surface area contributed by atoms with Gasteiger partial charge in [-0.2, -0.15) is 0 Å². The first-order valence-electron chi connectivity index (χ1n) is 11.3. The minimum absolute atomic E-state index is 0.213. The lowest BCUT2D eigenvalue weighted by Gasteiger charge is -2.34. The number of nitrogens with one attached hydrogen (secondary N) is 1. The van der Waals surface area contributed by atoms with Crippen LogP contribution in [0.5, 0.6) is 0 Å². The van der Waals surface area contributed by atoms with Gasteiger partial charge in [0.1, 0.15) is 5.70 Å². The van der Waals surface area contributed by atoms with Crippen molar-refractivity contribution in [1.29, 1.82) is 0 Å². The third-order valence-electron chi connectivity index (χ3n) is 6.43. The average molecular weight is 433 g/mol. The summed E-state index contributed by atoms with van der Waals surface area (Å²) in [6.07, 6.45) is 0. The molecule has 168 valence electrons. The van der Waals surface area contributed by atoms with Gasteiger partial charge in [-0.25, -0.2) is 0 Å². The molecule has 0 atom stereocenters. The van der Waals surface area contributed by atoms with E-state index in [2.05, 4.69) is 34.3 Å². The maximum Gasteiger partial charge on any atom is 0.278 e. The monoisotopic (exact) mass is 432 g/mol. The summed E-state index contributed by atoms with van der Waals surface area (Å²) in [6.45, 7) is 11.9. The number of aryl methyl sites for hydroxylation is 2. The molecule has 2 amide bonds. The average Bonchev–Trinajstić information content (AvgIpc) is 3.01. The lowest BCUT2D eigenvalue weighted by Crippen LogP contribution is -2.44. The van der Waals surface area contributed by atoms with Gasteiger partial charge in [0.15, 0.2) is 0 Å². The second-order valence-electron chi connectivity index (χ2n) is 9.09. The molecule has 0 saturated carbocycles. The molecular formula is C26H32N4O2. The topological polar surface area (TPSA) is 55.9 Å². The van der Waals surface area contributed by atoms with E-state index in [1.807, 2.05) is 58.0 Å². The quantitative estimate of drug-likeness (QED) is 0.731. The van der Waals surface area contributed by atoms with E-state index in [0.717, 1.165) is 48.6 Å². The fourth-order valence-electron chi connectivity index (χ4n) is 4.26. The fourth-order valence-corrected chi connectivity index (χ4v) is 4.26. The Morgan fingerprint density at radius 2 is 1.50 bits per heavy atom. The standard InChI is InChI=1S/C26H32N4O2/c1-17(2)30-25(31)23(20-7-6-18(3)19(4)16-20)24(26(30)32)27-21-8-10-22(11-9-21)29-14-12-28(5)13-15-29/h6-11,16-17,27H,12-15H2,1-5H3. The molecule has 2 aromatic carbocycles. The maximum absolute atomic E-state index is 13.2. The van der Waals surface area contributed by atoms with Gasteiger partial charge in [-0.1, -0.05) is 18.2 Å². The van der Waals surface area contributed by atoms with E-state index in [1.165, 1.54) is 10.6 Å². The van der Waals surface area contributed by atoms with Crippen molar-refractivity contribution in [3.05, 3.63) is 64.9 Å². The van der Waals surface area contributed by atoms with Crippen molar-refractivity contribution in [1.82, 2.24) is 9.80 Å². The number of benzene rings is 2. The first-order valence-corrected chi connectivity index (χ1v) is 11.3. The number of rotatable bonds is 5. The number of nitrogens with zero attached hydrogens (tertiary/aromatic N) is 3. The third-order valence-corrected chi connectivity index (χ3v) is 6.43. The zero-order chi connectivity index (χ0) is 23.0. The summed E-state index contributed by atoms with van der Waals surface area (Å²) in [6, 6.07) is 13.8. The van der Waals surface area contributed by atoms with Gasteiger partial charge in [0.25, 0.3) is 11.8 Å². The van der Waals surface area contributed by atoms with Gasteiger partial charge in [0.05, 0.1) is 5.57 Å². The van der Waals surface area contributed by atoms with E-state index >= 15 is 0 Å². The summed E-state index contributed by atoms with van der Waals surface area (Å²) >= 11 is 0. The molecule has 0 aliphatic carbocycles. The highest BCUT2D eigenvalue weighted by molar-refractivity contribution is 6.36. The second kappa shape index (κ2) is 8.79. The van der Waals surface area contributed by atoms with Crippen LogP contribution in [0.3, 0.4) is 0 Å². The summed E-state index contributed by atoms with van der Waals surface area (Å²) in [5.74, 6) is -0.522. The summed E-state index contributed by atoms with van der Waals surface area (Å²) in [7, 11) is 2.14. The lowest BCUT2D eigenvalue weighted by molar-refractivity contribution is -0.138. The largest absolute Gasteiger partial charge is 0.369 e. The van der Waals surface area contributed by atoms with Crippen molar-refractivity contribution in [3.8, 4) is 0 Å². The molecule has 6 heteroatoms. The van der Waals surface area contributed by atoms with Crippen molar-refractivity contribution in [3.63, 3.8) is 0 Å². The highest BCUT2D eigenvalue weighted by Crippen LogP contribution is 2.33. The highest BCUT2D eigenvalue weighted by Gasteiger charge is 2.40. The van der Waals surface area contributed by atoms with E-state index < -0.39 is 0 Å². The summed E-state index contributed by atoms with van der Waals surface area (Å²) in [5, 5.41) is 3.27. The Morgan fingerprint density at radius 1 is 0.844 bits per heavy atom. The molecule has 6 nitrogen and oxygen atoms in total. The maximum atomic E-state index is 13.2. The zero-order valence-electron chi connectivity index (χ0n) is 19.6. The number of hydrogen-bond acceptors (Lipinski definition) is 5. The van der Waals surface area contributed by atoms with Crippen molar-refractivity contribution in [2.45, 2.75) is 33.7 Å². The fraction of sp³-hybridized carbons (Fsp3) is 0.385. The Labute approximate surface area is 190 Å². The normalized spacial score (nSPS) is 17.7. The van der Waals surface area contributed by atoms with Gasteiger partial charge in [0.2, 0.25) is 0 Å². The minimum atomic E-state index is -0.277. The Bertz CT molecular complexity index is 1060. The summed E-state index contributed by atoms with van der Waals surface area (Å²) in [4.78, 5) is 32.5. The van der Waals surface area contributed by atoms with Crippen LogP contribution >= 0.6 is 0 Å². The van der Waals surface area contributed by atoms with Crippen LogP contribution in [0.2, 0.25) is 0 Å². The molecule has 0 unspecified atom stereocenters. The van der Waals surface area contributed by atoms with Crippen LogP contribution in [0.15, 0.2) is 48.2 Å². The molecule has 2 aliphatic heterocycles. The van der Waals surface area contributed by atoms with Crippen LogP contribution in [0.4, 0.5) is 11.4 Å². The summed E-state index contributed by atoms with van der Waals surface area (Å²) in [5.41, 5.74) is 5.77. The van der Waals surface area contributed by atoms with Crippen molar-refractivity contribution in [2.24, 2.45) is 0 Å². The Balaban J connectivity index is 1.65. The molecule has 32 heavy (non-hydrogen) atoms.